The van der Waals surface area contributed by atoms with Crippen molar-refractivity contribution in [3.05, 3.63) is 28.8 Å². The predicted octanol–water partition coefficient (Wildman–Crippen LogP) is 1.63. The minimum absolute atomic E-state index is 0.0130. The van der Waals surface area contributed by atoms with Crippen molar-refractivity contribution in [3.63, 3.8) is 0 Å². The molecule has 2 aliphatic rings. The van der Waals surface area contributed by atoms with Gasteiger partial charge < -0.3 is 5.32 Å². The van der Waals surface area contributed by atoms with Crippen LogP contribution in [0.4, 0.5) is 0 Å². The molecule has 1 aromatic carbocycles. The molecule has 1 saturated carbocycles. The third-order valence-corrected chi connectivity index (χ3v) is 6.24. The number of hydrogen-bond donors (Lipinski definition) is 2. The zero-order chi connectivity index (χ0) is 15.1. The first-order valence-electron chi connectivity index (χ1n) is 6.90. The van der Waals surface area contributed by atoms with Crippen LogP contribution in [0.5, 0.6) is 0 Å². The summed E-state index contributed by atoms with van der Waals surface area (Å²) in [5.74, 6) is 0. The van der Waals surface area contributed by atoms with Crippen molar-refractivity contribution >= 4 is 21.6 Å². The van der Waals surface area contributed by atoms with E-state index in [9.17, 15) is 8.42 Å². The van der Waals surface area contributed by atoms with Crippen molar-refractivity contribution in [2.45, 2.75) is 30.2 Å². The van der Waals surface area contributed by atoms with Crippen LogP contribution in [0.2, 0.25) is 5.02 Å². The lowest BCUT2D eigenvalue weighted by Crippen LogP contribution is -2.36. The van der Waals surface area contributed by atoms with E-state index in [0.29, 0.717) is 0 Å². The highest BCUT2D eigenvalue weighted by molar-refractivity contribution is 7.89. The van der Waals surface area contributed by atoms with E-state index < -0.39 is 10.0 Å². The summed E-state index contributed by atoms with van der Waals surface area (Å²) in [6.45, 7) is 1.89. The highest BCUT2D eigenvalue weighted by Crippen LogP contribution is 2.53. The number of rotatable bonds is 3. The average molecular weight is 326 g/mol. The summed E-state index contributed by atoms with van der Waals surface area (Å²) in [6.07, 6.45) is 2.92. The van der Waals surface area contributed by atoms with Crippen molar-refractivity contribution in [2.24, 2.45) is 5.41 Å². The zero-order valence-electron chi connectivity index (χ0n) is 11.4. The van der Waals surface area contributed by atoms with Crippen LogP contribution in [-0.2, 0) is 10.0 Å². The monoisotopic (exact) mass is 325 g/mol. The van der Waals surface area contributed by atoms with Gasteiger partial charge in [-0.25, -0.2) is 13.1 Å². The summed E-state index contributed by atoms with van der Waals surface area (Å²) in [4.78, 5) is 0.113. The Morgan fingerprint density at radius 1 is 1.38 bits per heavy atom. The molecule has 1 aliphatic heterocycles. The summed E-state index contributed by atoms with van der Waals surface area (Å²) in [5, 5.41) is 12.3. The van der Waals surface area contributed by atoms with Crippen LogP contribution in [0.3, 0.4) is 0 Å². The number of benzene rings is 1. The van der Waals surface area contributed by atoms with Gasteiger partial charge in [-0.1, -0.05) is 11.6 Å². The third-order valence-electron chi connectivity index (χ3n) is 4.46. The molecule has 0 radical (unpaired) electrons. The Balaban J connectivity index is 1.76. The molecule has 0 amide bonds. The Hall–Kier alpha value is -1.13. The van der Waals surface area contributed by atoms with Crippen LogP contribution < -0.4 is 10.0 Å². The summed E-state index contributed by atoms with van der Waals surface area (Å²) in [6, 6.07) is 6.12. The Morgan fingerprint density at radius 2 is 2.10 bits per heavy atom. The second-order valence-corrected chi connectivity index (χ2v) is 7.87. The molecule has 1 atom stereocenters. The van der Waals surface area contributed by atoms with Gasteiger partial charge >= 0.3 is 0 Å². The van der Waals surface area contributed by atoms with Crippen molar-refractivity contribution < 1.29 is 8.42 Å². The molecule has 112 valence electrons. The largest absolute Gasteiger partial charge is 0.317 e. The standard InChI is InChI=1S/C14H16ClN3O2S/c15-12-7-11(2-1-10(12)9-16)21(19,20)18-13-8-14(13)3-5-17-6-4-14/h1-2,7,13,17-18H,3-6,8H2. The summed E-state index contributed by atoms with van der Waals surface area (Å²) in [7, 11) is -3.58. The third kappa shape index (κ3) is 2.79. The van der Waals surface area contributed by atoms with Gasteiger partial charge in [0.2, 0.25) is 10.0 Å². The number of halogens is 1. The maximum absolute atomic E-state index is 12.4. The predicted molar refractivity (Wildman–Crippen MR) is 79.4 cm³/mol. The average Bonchev–Trinajstić information content (AvgIpc) is 3.09. The summed E-state index contributed by atoms with van der Waals surface area (Å²) in [5.41, 5.74) is 0.409. The van der Waals surface area contributed by atoms with E-state index in [4.69, 9.17) is 16.9 Å². The fraction of sp³-hybridized carbons (Fsp3) is 0.500. The van der Waals surface area contributed by atoms with Gasteiger partial charge in [-0.05, 0) is 56.0 Å². The van der Waals surface area contributed by atoms with Gasteiger partial charge in [-0.15, -0.1) is 0 Å². The molecule has 1 heterocycles. The molecular weight excluding hydrogens is 310 g/mol. The van der Waals surface area contributed by atoms with E-state index in [1.165, 1.54) is 18.2 Å². The lowest BCUT2D eigenvalue weighted by Gasteiger charge is -2.23. The van der Waals surface area contributed by atoms with E-state index in [1.54, 1.807) is 0 Å². The van der Waals surface area contributed by atoms with Crippen LogP contribution in [-0.4, -0.2) is 27.5 Å². The molecule has 1 unspecified atom stereocenters. The topological polar surface area (TPSA) is 82.0 Å². The normalized spacial score (nSPS) is 23.7. The molecule has 3 rings (SSSR count). The Bertz CT molecular complexity index is 705. The van der Waals surface area contributed by atoms with Gasteiger partial charge in [0, 0.05) is 6.04 Å². The second kappa shape index (κ2) is 5.25. The lowest BCUT2D eigenvalue weighted by atomic mass is 9.94. The van der Waals surface area contributed by atoms with Crippen molar-refractivity contribution in [1.29, 1.82) is 5.26 Å². The minimum atomic E-state index is -3.58. The van der Waals surface area contributed by atoms with Crippen LogP contribution in [0, 0.1) is 16.7 Å². The number of piperidine rings is 1. The summed E-state index contributed by atoms with van der Waals surface area (Å²) < 4.78 is 27.6. The van der Waals surface area contributed by atoms with Gasteiger partial charge in [-0.3, -0.25) is 0 Å². The molecule has 1 aliphatic carbocycles. The Morgan fingerprint density at radius 3 is 2.71 bits per heavy atom. The smallest absolute Gasteiger partial charge is 0.240 e. The van der Waals surface area contributed by atoms with Gasteiger partial charge in [0.15, 0.2) is 0 Å². The highest BCUT2D eigenvalue weighted by atomic mass is 35.5. The molecule has 1 saturated heterocycles. The van der Waals surface area contributed by atoms with Gasteiger partial charge in [0.25, 0.3) is 0 Å². The number of nitrogens with one attached hydrogen (secondary N) is 2. The second-order valence-electron chi connectivity index (χ2n) is 5.74. The van der Waals surface area contributed by atoms with E-state index >= 15 is 0 Å². The molecule has 5 nitrogen and oxygen atoms in total. The van der Waals surface area contributed by atoms with Crippen LogP contribution in [0.15, 0.2) is 23.1 Å². The fourth-order valence-corrected chi connectivity index (χ4v) is 4.65. The molecule has 2 fully saturated rings. The van der Waals surface area contributed by atoms with Crippen molar-refractivity contribution in [1.82, 2.24) is 10.0 Å². The molecule has 2 N–H and O–H groups in total. The van der Waals surface area contributed by atoms with Crippen molar-refractivity contribution in [2.75, 3.05) is 13.1 Å². The molecule has 0 bridgehead atoms. The van der Waals surface area contributed by atoms with E-state index in [2.05, 4.69) is 10.0 Å². The Kier molecular flexibility index (Phi) is 3.70. The van der Waals surface area contributed by atoms with E-state index in [-0.39, 0.29) is 26.9 Å². The quantitative estimate of drug-likeness (QED) is 0.885. The molecule has 0 aromatic heterocycles. The molecule has 21 heavy (non-hydrogen) atoms. The Labute approximate surface area is 129 Å². The zero-order valence-corrected chi connectivity index (χ0v) is 13.0. The first kappa shape index (κ1) is 14.8. The molecule has 1 spiro atoms. The van der Waals surface area contributed by atoms with Crippen LogP contribution in [0.1, 0.15) is 24.8 Å². The van der Waals surface area contributed by atoms with Gasteiger partial charge in [0.05, 0.1) is 15.5 Å². The fourth-order valence-electron chi connectivity index (χ4n) is 3.00. The highest BCUT2D eigenvalue weighted by Gasteiger charge is 2.55. The molecule has 1 aromatic rings. The van der Waals surface area contributed by atoms with Crippen LogP contribution >= 0.6 is 11.6 Å². The van der Waals surface area contributed by atoms with E-state index in [0.717, 1.165) is 32.4 Å². The summed E-state index contributed by atoms with van der Waals surface area (Å²) >= 11 is 5.91. The number of sulfonamides is 1. The van der Waals surface area contributed by atoms with Crippen LogP contribution in [0.25, 0.3) is 0 Å². The molecule has 7 heteroatoms. The first-order valence-corrected chi connectivity index (χ1v) is 8.76. The number of nitriles is 1. The van der Waals surface area contributed by atoms with Crippen molar-refractivity contribution in [3.8, 4) is 6.07 Å². The minimum Gasteiger partial charge on any atom is -0.317 e. The van der Waals surface area contributed by atoms with Gasteiger partial charge in [0.1, 0.15) is 6.07 Å². The maximum Gasteiger partial charge on any atom is 0.240 e. The first-order chi connectivity index (χ1) is 9.97. The molecular formula is C14H16ClN3O2S. The maximum atomic E-state index is 12.4. The van der Waals surface area contributed by atoms with E-state index in [1.807, 2.05) is 6.07 Å². The number of nitrogens with zero attached hydrogens (tertiary/aromatic N) is 1. The lowest BCUT2D eigenvalue weighted by molar-refractivity contribution is 0.337. The SMILES string of the molecule is N#Cc1ccc(S(=O)(=O)NC2CC23CCNCC3)cc1Cl. The number of hydrogen-bond acceptors (Lipinski definition) is 4. The van der Waals surface area contributed by atoms with Gasteiger partial charge in [-0.2, -0.15) is 5.26 Å².